The van der Waals surface area contributed by atoms with E-state index in [-0.39, 0.29) is 5.91 Å². The summed E-state index contributed by atoms with van der Waals surface area (Å²) >= 11 is 0. The van der Waals surface area contributed by atoms with Crippen molar-refractivity contribution < 1.29 is 4.79 Å². The van der Waals surface area contributed by atoms with Gasteiger partial charge in [0.05, 0.1) is 6.54 Å². The Hall–Kier alpha value is -0.610. The maximum Gasteiger partial charge on any atom is 0.234 e. The van der Waals surface area contributed by atoms with Crippen LogP contribution in [-0.4, -0.2) is 50.1 Å². The predicted octanol–water partition coefficient (Wildman–Crippen LogP) is 0.0539. The second-order valence-corrected chi connectivity index (χ2v) is 4.14. The molecular formula is C11H23N3O. The minimum absolute atomic E-state index is 0.145. The summed E-state index contributed by atoms with van der Waals surface area (Å²) in [7, 11) is 0. The number of carbonyl (C=O) groups excluding carboxylic acids is 1. The first-order valence-electron chi connectivity index (χ1n) is 5.96. The van der Waals surface area contributed by atoms with Crippen LogP contribution in [0.1, 0.15) is 20.3 Å². The van der Waals surface area contributed by atoms with E-state index in [0.29, 0.717) is 6.54 Å². The summed E-state index contributed by atoms with van der Waals surface area (Å²) in [5, 5.41) is 6.10. The number of carbonyl (C=O) groups is 1. The third kappa shape index (κ3) is 4.62. The SMILES string of the molecule is CCNC(=O)CN(CC)CCC1CNC1. The van der Waals surface area contributed by atoms with Gasteiger partial charge in [0, 0.05) is 6.54 Å². The summed E-state index contributed by atoms with van der Waals surface area (Å²) in [5.41, 5.74) is 0. The van der Waals surface area contributed by atoms with Crippen molar-refractivity contribution in [2.24, 2.45) is 5.92 Å². The van der Waals surface area contributed by atoms with Gasteiger partial charge in [-0.15, -0.1) is 0 Å². The summed E-state index contributed by atoms with van der Waals surface area (Å²) < 4.78 is 0. The van der Waals surface area contributed by atoms with Gasteiger partial charge in [-0.25, -0.2) is 0 Å². The van der Waals surface area contributed by atoms with Crippen molar-refractivity contribution in [1.29, 1.82) is 0 Å². The molecule has 15 heavy (non-hydrogen) atoms. The van der Waals surface area contributed by atoms with Gasteiger partial charge >= 0.3 is 0 Å². The zero-order valence-corrected chi connectivity index (χ0v) is 9.88. The number of likely N-dealkylation sites (N-methyl/N-ethyl adjacent to an activating group) is 2. The van der Waals surface area contributed by atoms with Gasteiger partial charge < -0.3 is 10.6 Å². The van der Waals surface area contributed by atoms with Crippen LogP contribution in [0.25, 0.3) is 0 Å². The summed E-state index contributed by atoms with van der Waals surface area (Å²) in [4.78, 5) is 13.6. The molecule has 4 heteroatoms. The Balaban J connectivity index is 2.13. The number of rotatable bonds is 7. The first kappa shape index (κ1) is 12.5. The second-order valence-electron chi connectivity index (χ2n) is 4.14. The van der Waals surface area contributed by atoms with Crippen molar-refractivity contribution in [2.75, 3.05) is 39.3 Å². The van der Waals surface area contributed by atoms with E-state index in [9.17, 15) is 4.79 Å². The molecule has 88 valence electrons. The van der Waals surface area contributed by atoms with E-state index in [2.05, 4.69) is 22.5 Å². The highest BCUT2D eigenvalue weighted by Crippen LogP contribution is 2.08. The quantitative estimate of drug-likeness (QED) is 0.628. The zero-order chi connectivity index (χ0) is 11.1. The van der Waals surface area contributed by atoms with Gasteiger partial charge in [0.2, 0.25) is 5.91 Å². The normalized spacial score (nSPS) is 16.5. The minimum Gasteiger partial charge on any atom is -0.355 e. The van der Waals surface area contributed by atoms with Gasteiger partial charge in [-0.05, 0) is 45.4 Å². The van der Waals surface area contributed by atoms with E-state index in [1.54, 1.807) is 0 Å². The van der Waals surface area contributed by atoms with Gasteiger partial charge in [-0.3, -0.25) is 9.69 Å². The first-order chi connectivity index (χ1) is 7.26. The van der Waals surface area contributed by atoms with Crippen molar-refractivity contribution in [3.8, 4) is 0 Å². The van der Waals surface area contributed by atoms with Crippen LogP contribution >= 0.6 is 0 Å². The van der Waals surface area contributed by atoms with E-state index in [1.165, 1.54) is 6.42 Å². The van der Waals surface area contributed by atoms with E-state index < -0.39 is 0 Å². The molecule has 1 aliphatic rings. The molecule has 1 amide bonds. The van der Waals surface area contributed by atoms with Crippen LogP contribution in [-0.2, 0) is 4.79 Å². The Morgan fingerprint density at radius 3 is 2.67 bits per heavy atom. The molecule has 0 unspecified atom stereocenters. The Morgan fingerprint density at radius 1 is 1.47 bits per heavy atom. The van der Waals surface area contributed by atoms with Crippen LogP contribution in [0.4, 0.5) is 0 Å². The molecule has 0 bridgehead atoms. The summed E-state index contributed by atoms with van der Waals surface area (Å²) in [6.45, 7) is 9.63. The fourth-order valence-corrected chi connectivity index (χ4v) is 1.72. The van der Waals surface area contributed by atoms with Crippen molar-refractivity contribution in [3.63, 3.8) is 0 Å². The fourth-order valence-electron chi connectivity index (χ4n) is 1.72. The van der Waals surface area contributed by atoms with Crippen LogP contribution in [0, 0.1) is 5.92 Å². The van der Waals surface area contributed by atoms with Crippen molar-refractivity contribution in [3.05, 3.63) is 0 Å². The van der Waals surface area contributed by atoms with Gasteiger partial charge in [0.15, 0.2) is 0 Å². The standard InChI is InChI=1S/C11H23N3O/c1-3-13-11(15)9-14(4-2)6-5-10-7-12-8-10/h10,12H,3-9H2,1-2H3,(H,13,15). The zero-order valence-electron chi connectivity index (χ0n) is 9.88. The third-order valence-electron chi connectivity index (χ3n) is 2.91. The summed E-state index contributed by atoms with van der Waals surface area (Å²) in [6.07, 6.45) is 1.21. The van der Waals surface area contributed by atoms with Gasteiger partial charge in [0.25, 0.3) is 0 Å². The topological polar surface area (TPSA) is 44.4 Å². The average molecular weight is 213 g/mol. The number of nitrogens with one attached hydrogen (secondary N) is 2. The van der Waals surface area contributed by atoms with E-state index in [4.69, 9.17) is 0 Å². The van der Waals surface area contributed by atoms with Gasteiger partial charge in [-0.1, -0.05) is 6.92 Å². The van der Waals surface area contributed by atoms with Gasteiger partial charge in [0.1, 0.15) is 0 Å². The molecule has 1 saturated heterocycles. The highest BCUT2D eigenvalue weighted by molar-refractivity contribution is 5.77. The molecule has 0 aliphatic carbocycles. The Kier molecular flexibility index (Phi) is 5.65. The van der Waals surface area contributed by atoms with Crippen molar-refractivity contribution in [2.45, 2.75) is 20.3 Å². The molecule has 0 atom stereocenters. The van der Waals surface area contributed by atoms with Crippen LogP contribution in [0.3, 0.4) is 0 Å². The lowest BCUT2D eigenvalue weighted by atomic mass is 9.99. The molecule has 0 spiro atoms. The molecule has 0 aromatic rings. The van der Waals surface area contributed by atoms with E-state index >= 15 is 0 Å². The Labute approximate surface area is 92.4 Å². The fraction of sp³-hybridized carbons (Fsp3) is 0.909. The van der Waals surface area contributed by atoms with Crippen LogP contribution in [0.5, 0.6) is 0 Å². The molecule has 1 fully saturated rings. The van der Waals surface area contributed by atoms with Crippen LogP contribution in [0.2, 0.25) is 0 Å². The predicted molar refractivity (Wildman–Crippen MR) is 61.8 cm³/mol. The molecule has 1 aliphatic heterocycles. The first-order valence-corrected chi connectivity index (χ1v) is 5.96. The molecular weight excluding hydrogens is 190 g/mol. The van der Waals surface area contributed by atoms with E-state index in [0.717, 1.165) is 38.6 Å². The Bertz CT molecular complexity index is 192. The maximum atomic E-state index is 11.4. The van der Waals surface area contributed by atoms with E-state index in [1.807, 2.05) is 6.92 Å². The highest BCUT2D eigenvalue weighted by atomic mass is 16.2. The lowest BCUT2D eigenvalue weighted by Crippen LogP contribution is -2.44. The minimum atomic E-state index is 0.145. The van der Waals surface area contributed by atoms with Crippen molar-refractivity contribution in [1.82, 2.24) is 15.5 Å². The number of amides is 1. The van der Waals surface area contributed by atoms with Crippen LogP contribution in [0.15, 0.2) is 0 Å². The molecule has 4 nitrogen and oxygen atoms in total. The molecule has 0 aromatic heterocycles. The van der Waals surface area contributed by atoms with Crippen molar-refractivity contribution >= 4 is 5.91 Å². The second kappa shape index (κ2) is 6.80. The van der Waals surface area contributed by atoms with Crippen LogP contribution < -0.4 is 10.6 Å². The smallest absolute Gasteiger partial charge is 0.234 e. The molecule has 0 saturated carbocycles. The number of hydrogen-bond donors (Lipinski definition) is 2. The largest absolute Gasteiger partial charge is 0.355 e. The summed E-state index contributed by atoms with van der Waals surface area (Å²) in [5.74, 6) is 0.972. The van der Waals surface area contributed by atoms with Gasteiger partial charge in [-0.2, -0.15) is 0 Å². The molecule has 0 radical (unpaired) electrons. The lowest BCUT2D eigenvalue weighted by Gasteiger charge is -2.29. The molecule has 0 aromatic carbocycles. The monoisotopic (exact) mass is 213 g/mol. The molecule has 2 N–H and O–H groups in total. The number of hydrogen-bond acceptors (Lipinski definition) is 3. The maximum absolute atomic E-state index is 11.4. The summed E-state index contributed by atoms with van der Waals surface area (Å²) in [6, 6.07) is 0. The average Bonchev–Trinajstić information content (AvgIpc) is 2.14. The Morgan fingerprint density at radius 2 is 2.20 bits per heavy atom. The highest BCUT2D eigenvalue weighted by Gasteiger charge is 2.17. The number of nitrogens with zero attached hydrogens (tertiary/aromatic N) is 1. The third-order valence-corrected chi connectivity index (χ3v) is 2.91. The molecule has 1 rings (SSSR count). The lowest BCUT2D eigenvalue weighted by molar-refractivity contribution is -0.122. The molecule has 1 heterocycles.